The van der Waals surface area contributed by atoms with Gasteiger partial charge in [-0.3, -0.25) is 15.0 Å². The van der Waals surface area contributed by atoms with Crippen LogP contribution in [0.1, 0.15) is 21.5 Å². The number of halogens is 1. The van der Waals surface area contributed by atoms with Gasteiger partial charge in [0.05, 0.1) is 4.91 Å². The maximum Gasteiger partial charge on any atom is 0.285 e. The summed E-state index contributed by atoms with van der Waals surface area (Å²) >= 11 is 9.84. The van der Waals surface area contributed by atoms with Crippen molar-refractivity contribution in [2.75, 3.05) is 0 Å². The Kier molecular flexibility index (Phi) is 7.04. The van der Waals surface area contributed by atoms with Crippen LogP contribution in [0.5, 0.6) is 5.75 Å². The molecule has 0 aliphatic carbocycles. The lowest BCUT2D eigenvalue weighted by Crippen LogP contribution is -2.44. The molecule has 0 unspecified atom stereocenters. The third kappa shape index (κ3) is 5.45. The molecule has 0 spiro atoms. The first-order chi connectivity index (χ1) is 15.5. The van der Waals surface area contributed by atoms with Gasteiger partial charge in [0.1, 0.15) is 12.4 Å². The topological polar surface area (TPSA) is 58.6 Å². The standard InChI is InChI=1S/C24H17BrN2O3S2/c25-19-10-6-17(7-11-19)15-30-20-12-8-16(9-13-20)14-21-23(29)27(24(31)32-21)26-22(28)18-4-2-1-3-5-18/h1-14H,15H2,(H,26,28)/b21-14+. The third-order valence-corrected chi connectivity index (χ3v) is 6.37. The number of ether oxygens (including phenoxy) is 1. The van der Waals surface area contributed by atoms with Crippen LogP contribution in [0.4, 0.5) is 0 Å². The fraction of sp³-hybridized carbons (Fsp3) is 0.0417. The smallest absolute Gasteiger partial charge is 0.285 e. The molecule has 160 valence electrons. The van der Waals surface area contributed by atoms with E-state index in [0.717, 1.165) is 38.1 Å². The number of hydrogen-bond donors (Lipinski definition) is 1. The van der Waals surface area contributed by atoms with Crippen LogP contribution < -0.4 is 10.2 Å². The number of thioether (sulfide) groups is 1. The summed E-state index contributed by atoms with van der Waals surface area (Å²) in [5.74, 6) is -0.0250. The van der Waals surface area contributed by atoms with Crippen LogP contribution in [0.25, 0.3) is 6.08 Å². The molecule has 1 aliphatic heterocycles. The van der Waals surface area contributed by atoms with Gasteiger partial charge in [-0.2, -0.15) is 5.01 Å². The van der Waals surface area contributed by atoms with Crippen molar-refractivity contribution in [3.63, 3.8) is 0 Å². The lowest BCUT2D eigenvalue weighted by molar-refractivity contribution is -0.123. The highest BCUT2D eigenvalue weighted by Gasteiger charge is 2.33. The van der Waals surface area contributed by atoms with E-state index in [0.29, 0.717) is 17.1 Å². The Morgan fingerprint density at radius 2 is 1.72 bits per heavy atom. The maximum absolute atomic E-state index is 12.7. The first-order valence-corrected chi connectivity index (χ1v) is 11.6. The van der Waals surface area contributed by atoms with Crippen LogP contribution in [-0.2, 0) is 11.4 Å². The molecule has 1 fully saturated rings. The zero-order valence-corrected chi connectivity index (χ0v) is 19.9. The van der Waals surface area contributed by atoms with Gasteiger partial charge in [0, 0.05) is 10.0 Å². The predicted octanol–water partition coefficient (Wildman–Crippen LogP) is 5.57. The fourth-order valence-electron chi connectivity index (χ4n) is 2.88. The van der Waals surface area contributed by atoms with Crippen molar-refractivity contribution >= 4 is 62.1 Å². The second-order valence-electron chi connectivity index (χ2n) is 6.81. The summed E-state index contributed by atoms with van der Waals surface area (Å²) in [5.41, 5.74) is 4.92. The number of thiocarbonyl (C=S) groups is 1. The minimum Gasteiger partial charge on any atom is -0.489 e. The molecule has 0 radical (unpaired) electrons. The summed E-state index contributed by atoms with van der Waals surface area (Å²) in [6.45, 7) is 0.465. The zero-order chi connectivity index (χ0) is 22.5. The predicted molar refractivity (Wildman–Crippen MR) is 134 cm³/mol. The highest BCUT2D eigenvalue weighted by molar-refractivity contribution is 9.10. The van der Waals surface area contributed by atoms with Crippen molar-refractivity contribution in [1.29, 1.82) is 0 Å². The van der Waals surface area contributed by atoms with E-state index in [1.807, 2.05) is 54.6 Å². The largest absolute Gasteiger partial charge is 0.489 e. The van der Waals surface area contributed by atoms with Crippen LogP contribution in [0.3, 0.4) is 0 Å². The van der Waals surface area contributed by atoms with E-state index in [-0.39, 0.29) is 10.2 Å². The number of nitrogens with one attached hydrogen (secondary N) is 1. The number of hydrogen-bond acceptors (Lipinski definition) is 5. The monoisotopic (exact) mass is 524 g/mol. The van der Waals surface area contributed by atoms with Crippen LogP contribution in [0, 0.1) is 0 Å². The molecule has 4 rings (SSSR count). The molecule has 32 heavy (non-hydrogen) atoms. The van der Waals surface area contributed by atoms with Crippen LogP contribution in [-0.4, -0.2) is 21.1 Å². The summed E-state index contributed by atoms with van der Waals surface area (Å²) < 4.78 is 7.11. The van der Waals surface area contributed by atoms with E-state index < -0.39 is 5.91 Å². The van der Waals surface area contributed by atoms with Gasteiger partial charge < -0.3 is 4.74 Å². The number of nitrogens with zero attached hydrogens (tertiary/aromatic N) is 1. The molecule has 2 amide bonds. The van der Waals surface area contributed by atoms with Gasteiger partial charge in [-0.1, -0.05) is 70.2 Å². The molecule has 3 aromatic carbocycles. The van der Waals surface area contributed by atoms with E-state index in [9.17, 15) is 9.59 Å². The van der Waals surface area contributed by atoms with Crippen molar-refractivity contribution < 1.29 is 14.3 Å². The lowest BCUT2D eigenvalue weighted by Gasteiger charge is -2.15. The highest BCUT2D eigenvalue weighted by atomic mass is 79.9. The fourth-order valence-corrected chi connectivity index (χ4v) is 4.32. The molecule has 1 saturated heterocycles. The van der Waals surface area contributed by atoms with E-state index in [1.165, 1.54) is 0 Å². The number of amides is 2. The van der Waals surface area contributed by atoms with Crippen molar-refractivity contribution in [3.8, 4) is 5.75 Å². The molecule has 8 heteroatoms. The number of benzene rings is 3. The van der Waals surface area contributed by atoms with Gasteiger partial charge >= 0.3 is 0 Å². The molecule has 3 aromatic rings. The Hall–Kier alpha value is -2.94. The summed E-state index contributed by atoms with van der Waals surface area (Å²) in [7, 11) is 0. The number of carbonyl (C=O) groups excluding carboxylic acids is 2. The minimum atomic E-state index is -0.393. The summed E-state index contributed by atoms with van der Waals surface area (Å²) in [5, 5.41) is 1.11. The van der Waals surface area contributed by atoms with Crippen molar-refractivity contribution in [3.05, 3.63) is 105 Å². The number of hydrazine groups is 1. The Morgan fingerprint density at radius 1 is 1.03 bits per heavy atom. The number of carbonyl (C=O) groups is 2. The van der Waals surface area contributed by atoms with E-state index >= 15 is 0 Å². The van der Waals surface area contributed by atoms with Crippen LogP contribution >= 0.6 is 39.9 Å². The first-order valence-electron chi connectivity index (χ1n) is 9.61. The second kappa shape index (κ2) is 10.1. The molecule has 0 bridgehead atoms. The summed E-state index contributed by atoms with van der Waals surface area (Å²) in [4.78, 5) is 25.5. The molecule has 0 aromatic heterocycles. The van der Waals surface area contributed by atoms with E-state index in [1.54, 1.807) is 30.3 Å². The zero-order valence-electron chi connectivity index (χ0n) is 16.7. The van der Waals surface area contributed by atoms with Crippen molar-refractivity contribution in [2.24, 2.45) is 0 Å². The van der Waals surface area contributed by atoms with Crippen LogP contribution in [0.15, 0.2) is 88.2 Å². The Morgan fingerprint density at radius 3 is 2.41 bits per heavy atom. The van der Waals surface area contributed by atoms with Gasteiger partial charge in [-0.15, -0.1) is 0 Å². The normalized spacial score (nSPS) is 14.7. The summed E-state index contributed by atoms with van der Waals surface area (Å²) in [6, 6.07) is 24.0. The Balaban J connectivity index is 1.39. The number of rotatable bonds is 6. The van der Waals surface area contributed by atoms with E-state index in [4.69, 9.17) is 17.0 Å². The van der Waals surface area contributed by atoms with Crippen molar-refractivity contribution in [2.45, 2.75) is 6.61 Å². The molecule has 5 nitrogen and oxygen atoms in total. The van der Waals surface area contributed by atoms with Gasteiger partial charge in [0.15, 0.2) is 4.32 Å². The molecular formula is C24H17BrN2O3S2. The summed E-state index contributed by atoms with van der Waals surface area (Å²) in [6.07, 6.45) is 1.74. The second-order valence-corrected chi connectivity index (χ2v) is 9.40. The Bertz CT molecular complexity index is 1180. The van der Waals surface area contributed by atoms with Gasteiger partial charge in [-0.05, 0) is 65.8 Å². The average Bonchev–Trinajstić information content (AvgIpc) is 3.07. The van der Waals surface area contributed by atoms with Crippen molar-refractivity contribution in [1.82, 2.24) is 10.4 Å². The molecule has 0 atom stereocenters. The Labute approximate surface area is 203 Å². The quantitative estimate of drug-likeness (QED) is 0.337. The van der Waals surface area contributed by atoms with Gasteiger partial charge in [0.25, 0.3) is 11.8 Å². The van der Waals surface area contributed by atoms with Gasteiger partial charge in [0.2, 0.25) is 0 Å². The SMILES string of the molecule is O=C(NN1C(=O)/C(=C\c2ccc(OCc3ccc(Br)cc3)cc2)SC1=S)c1ccccc1. The molecule has 1 N–H and O–H groups in total. The van der Waals surface area contributed by atoms with Gasteiger partial charge in [-0.25, -0.2) is 0 Å². The van der Waals surface area contributed by atoms with E-state index in [2.05, 4.69) is 21.4 Å². The van der Waals surface area contributed by atoms with Crippen LogP contribution in [0.2, 0.25) is 0 Å². The molecule has 1 aliphatic rings. The lowest BCUT2D eigenvalue weighted by atomic mass is 10.2. The first kappa shape index (κ1) is 22.3. The molecule has 1 heterocycles. The minimum absolute atomic E-state index is 0.278. The average molecular weight is 525 g/mol. The molecule has 0 saturated carbocycles. The third-order valence-electron chi connectivity index (χ3n) is 4.54. The maximum atomic E-state index is 12.7. The highest BCUT2D eigenvalue weighted by Crippen LogP contribution is 2.31. The molecular weight excluding hydrogens is 508 g/mol.